The van der Waals surface area contributed by atoms with E-state index < -0.39 is 12.4 Å². The predicted molar refractivity (Wildman–Crippen MR) is 104 cm³/mol. The van der Waals surface area contributed by atoms with E-state index in [1.807, 2.05) is 0 Å². The monoisotopic (exact) mass is 364 g/mol. The zero-order chi connectivity index (χ0) is 19.1. The van der Waals surface area contributed by atoms with Gasteiger partial charge in [0.2, 0.25) is 0 Å². The summed E-state index contributed by atoms with van der Waals surface area (Å²) in [7, 11) is 0. The van der Waals surface area contributed by atoms with Crippen LogP contribution in [-0.4, -0.2) is 34.3 Å². The van der Waals surface area contributed by atoms with Crippen molar-refractivity contribution in [3.8, 4) is 0 Å². The van der Waals surface area contributed by atoms with E-state index in [1.54, 1.807) is 6.92 Å². The van der Waals surface area contributed by atoms with E-state index in [0.29, 0.717) is 19.4 Å². The molecule has 0 saturated heterocycles. The Bertz CT molecular complexity index is 518. The van der Waals surface area contributed by atoms with Gasteiger partial charge in [0, 0.05) is 18.3 Å². The van der Waals surface area contributed by atoms with Crippen molar-refractivity contribution in [2.75, 3.05) is 6.61 Å². The van der Waals surface area contributed by atoms with Crippen LogP contribution in [0.2, 0.25) is 0 Å². The fourth-order valence-electron chi connectivity index (χ4n) is 3.95. The molecule has 0 aromatic heterocycles. The van der Waals surface area contributed by atoms with E-state index in [0.717, 1.165) is 48.5 Å². The van der Waals surface area contributed by atoms with Crippen LogP contribution in [0.1, 0.15) is 65.2 Å². The zero-order valence-corrected chi connectivity index (χ0v) is 16.4. The molecule has 4 unspecified atom stereocenters. The Balaban J connectivity index is 1.78. The predicted octanol–water partition coefficient (Wildman–Crippen LogP) is 4.08. The summed E-state index contributed by atoms with van der Waals surface area (Å²) in [5, 5.41) is 29.0. The number of hydrogen-bond donors (Lipinski definition) is 3. The molecule has 4 heteroatoms. The van der Waals surface area contributed by atoms with Crippen LogP contribution < -0.4 is 0 Å². The average molecular weight is 365 g/mol. The summed E-state index contributed by atoms with van der Waals surface area (Å²) in [6, 6.07) is 0. The molecule has 3 N–H and O–H groups in total. The average Bonchev–Trinajstić information content (AvgIpc) is 2.65. The lowest BCUT2D eigenvalue weighted by Gasteiger charge is -2.32. The fraction of sp³-hybridized carbons (Fsp3) is 0.727. The molecular weight excluding hydrogens is 328 g/mol. The summed E-state index contributed by atoms with van der Waals surface area (Å²) < 4.78 is 5.91. The molecule has 0 heterocycles. The number of rotatable bonds is 9. The third-order valence-electron chi connectivity index (χ3n) is 5.93. The molecule has 0 aromatic carbocycles. The number of ether oxygens (including phenoxy) is 1. The van der Waals surface area contributed by atoms with Gasteiger partial charge in [-0.05, 0) is 63.0 Å². The van der Waals surface area contributed by atoms with Gasteiger partial charge in [-0.25, -0.2) is 0 Å². The molecule has 0 spiro atoms. The lowest BCUT2D eigenvalue weighted by molar-refractivity contribution is -0.0926. The number of aliphatic hydroxyl groups excluding tert-OH is 2. The molecule has 0 radical (unpaired) electrons. The van der Waals surface area contributed by atoms with Crippen LogP contribution in [0.3, 0.4) is 0 Å². The highest BCUT2D eigenvalue weighted by Crippen LogP contribution is 2.35. The van der Waals surface area contributed by atoms with Crippen LogP contribution in [0.4, 0.5) is 0 Å². The van der Waals surface area contributed by atoms with E-state index in [-0.39, 0.29) is 11.8 Å². The topological polar surface area (TPSA) is 69.9 Å². The van der Waals surface area contributed by atoms with Gasteiger partial charge in [0.15, 0.2) is 6.29 Å². The van der Waals surface area contributed by atoms with Gasteiger partial charge in [0.25, 0.3) is 0 Å². The van der Waals surface area contributed by atoms with Crippen LogP contribution >= 0.6 is 0 Å². The van der Waals surface area contributed by atoms with E-state index in [1.165, 1.54) is 12.8 Å². The standard InChI is InChI=1S/C22H36O4/c1-4-17-7-9-21(10-8-17)26-11-5-6-15(2)18-12-19(16(3)23)14-20(13-18)22(24)25/h9,12,16-17,19-20,22-25H,2,4-8,10-11,13-14H2,1,3H3. The summed E-state index contributed by atoms with van der Waals surface area (Å²) in [6.45, 7) is 8.88. The quantitative estimate of drug-likeness (QED) is 0.426. The largest absolute Gasteiger partial charge is 0.498 e. The van der Waals surface area contributed by atoms with Crippen molar-refractivity contribution >= 4 is 0 Å². The molecule has 4 atom stereocenters. The van der Waals surface area contributed by atoms with Gasteiger partial charge in [-0.1, -0.05) is 31.6 Å². The number of allylic oxidation sites excluding steroid dienone is 4. The van der Waals surface area contributed by atoms with Gasteiger partial charge in [0.05, 0.1) is 18.5 Å². The van der Waals surface area contributed by atoms with E-state index in [2.05, 4.69) is 25.7 Å². The maximum atomic E-state index is 9.91. The van der Waals surface area contributed by atoms with Crippen LogP contribution in [0, 0.1) is 17.8 Å². The Morgan fingerprint density at radius 2 is 2.12 bits per heavy atom. The molecule has 0 saturated carbocycles. The zero-order valence-electron chi connectivity index (χ0n) is 16.4. The molecule has 0 aliphatic heterocycles. The Hall–Kier alpha value is -1.10. The van der Waals surface area contributed by atoms with Crippen LogP contribution in [0.5, 0.6) is 0 Å². The molecule has 2 aliphatic rings. The van der Waals surface area contributed by atoms with Gasteiger partial charge >= 0.3 is 0 Å². The molecule has 0 fully saturated rings. The third-order valence-corrected chi connectivity index (χ3v) is 5.93. The van der Waals surface area contributed by atoms with E-state index in [4.69, 9.17) is 4.74 Å². The highest BCUT2D eigenvalue weighted by molar-refractivity contribution is 5.31. The SMILES string of the molecule is C=C(CCCOC1=CCC(CC)CC1)C1=CC(C(C)O)CC(C(O)O)C1. The van der Waals surface area contributed by atoms with Crippen LogP contribution in [0.15, 0.2) is 35.6 Å². The summed E-state index contributed by atoms with van der Waals surface area (Å²) in [4.78, 5) is 0. The summed E-state index contributed by atoms with van der Waals surface area (Å²) in [6.07, 6.45) is 10.1. The number of aliphatic hydroxyl groups is 3. The first kappa shape index (κ1) is 21.2. The van der Waals surface area contributed by atoms with Crippen LogP contribution in [-0.2, 0) is 4.74 Å². The van der Waals surface area contributed by atoms with Gasteiger partial charge in [-0.3, -0.25) is 0 Å². The van der Waals surface area contributed by atoms with Crippen molar-refractivity contribution in [3.05, 3.63) is 35.6 Å². The normalized spacial score (nSPS) is 27.7. The van der Waals surface area contributed by atoms with E-state index in [9.17, 15) is 15.3 Å². The maximum absolute atomic E-state index is 9.91. The van der Waals surface area contributed by atoms with Gasteiger partial charge in [-0.2, -0.15) is 0 Å². The highest BCUT2D eigenvalue weighted by atomic mass is 16.5. The first-order chi connectivity index (χ1) is 12.4. The van der Waals surface area contributed by atoms with Gasteiger partial charge in [0.1, 0.15) is 0 Å². The molecule has 0 amide bonds. The Labute approximate surface area is 158 Å². The molecule has 26 heavy (non-hydrogen) atoms. The Morgan fingerprint density at radius 3 is 2.69 bits per heavy atom. The minimum atomic E-state index is -1.35. The second-order valence-electron chi connectivity index (χ2n) is 7.98. The summed E-state index contributed by atoms with van der Waals surface area (Å²) >= 11 is 0. The minimum absolute atomic E-state index is 0.0440. The summed E-state index contributed by atoms with van der Waals surface area (Å²) in [5.41, 5.74) is 2.08. The first-order valence-electron chi connectivity index (χ1n) is 10.2. The van der Waals surface area contributed by atoms with Crippen molar-refractivity contribution < 1.29 is 20.1 Å². The second-order valence-corrected chi connectivity index (χ2v) is 7.98. The highest BCUT2D eigenvalue weighted by Gasteiger charge is 2.29. The molecule has 0 bridgehead atoms. The minimum Gasteiger partial charge on any atom is -0.498 e. The smallest absolute Gasteiger partial charge is 0.154 e. The van der Waals surface area contributed by atoms with Crippen molar-refractivity contribution in [2.45, 2.75) is 77.6 Å². The third kappa shape index (κ3) is 6.26. The first-order valence-corrected chi connectivity index (χ1v) is 10.2. The molecular formula is C22H36O4. The Kier molecular flexibility index (Phi) is 8.39. The molecule has 0 aromatic rings. The molecule has 2 rings (SSSR count). The van der Waals surface area contributed by atoms with Crippen molar-refractivity contribution in [1.29, 1.82) is 0 Å². The van der Waals surface area contributed by atoms with Gasteiger partial charge in [-0.15, -0.1) is 0 Å². The Morgan fingerprint density at radius 1 is 1.35 bits per heavy atom. The molecule has 148 valence electrons. The molecule has 4 nitrogen and oxygen atoms in total. The lowest BCUT2D eigenvalue weighted by atomic mass is 9.77. The van der Waals surface area contributed by atoms with Crippen molar-refractivity contribution in [1.82, 2.24) is 0 Å². The van der Waals surface area contributed by atoms with Crippen molar-refractivity contribution in [3.63, 3.8) is 0 Å². The van der Waals surface area contributed by atoms with Crippen molar-refractivity contribution in [2.24, 2.45) is 17.8 Å². The maximum Gasteiger partial charge on any atom is 0.154 e. The second kappa shape index (κ2) is 10.3. The lowest BCUT2D eigenvalue weighted by Crippen LogP contribution is -2.30. The fourth-order valence-corrected chi connectivity index (χ4v) is 3.95. The van der Waals surface area contributed by atoms with E-state index >= 15 is 0 Å². The number of hydrogen-bond acceptors (Lipinski definition) is 4. The van der Waals surface area contributed by atoms with Gasteiger partial charge < -0.3 is 20.1 Å². The summed E-state index contributed by atoms with van der Waals surface area (Å²) in [5.74, 6) is 1.67. The molecule has 2 aliphatic carbocycles. The van der Waals surface area contributed by atoms with Crippen LogP contribution in [0.25, 0.3) is 0 Å².